The molecule has 1 saturated heterocycles. The zero-order valence-electron chi connectivity index (χ0n) is 16.5. The number of hydrogen-bond acceptors (Lipinski definition) is 4. The topological polar surface area (TPSA) is 70.4 Å². The minimum atomic E-state index is -0.804. The van der Waals surface area contributed by atoms with Gasteiger partial charge in [-0.15, -0.1) is 10.2 Å². The van der Waals surface area contributed by atoms with Crippen LogP contribution in [0.1, 0.15) is 30.1 Å². The van der Waals surface area contributed by atoms with Crippen LogP contribution in [0.25, 0.3) is 0 Å². The highest BCUT2D eigenvalue weighted by Crippen LogP contribution is 2.16. The number of nitrogens with one attached hydrogen (secondary N) is 2. The van der Waals surface area contributed by atoms with E-state index in [-0.39, 0.29) is 0 Å². The first-order valence-corrected chi connectivity index (χ1v) is 9.44. The van der Waals surface area contributed by atoms with E-state index in [0.717, 1.165) is 49.1 Å². The molecular formula is C19H27F2N7. The van der Waals surface area contributed by atoms with Crippen LogP contribution in [0, 0.1) is 18.6 Å². The second-order valence-electron chi connectivity index (χ2n) is 7.09. The van der Waals surface area contributed by atoms with Gasteiger partial charge >= 0.3 is 0 Å². The summed E-state index contributed by atoms with van der Waals surface area (Å²) in [4.78, 5) is 6.54. The molecule has 0 spiro atoms. The molecule has 152 valence electrons. The van der Waals surface area contributed by atoms with Crippen molar-refractivity contribution in [3.8, 4) is 0 Å². The number of rotatable bonds is 5. The van der Waals surface area contributed by atoms with Crippen molar-refractivity contribution in [1.82, 2.24) is 30.3 Å². The number of aromatic nitrogens is 3. The van der Waals surface area contributed by atoms with Gasteiger partial charge in [-0.2, -0.15) is 0 Å². The van der Waals surface area contributed by atoms with Gasteiger partial charge in [0, 0.05) is 39.8 Å². The molecule has 1 aliphatic heterocycles. The molecule has 2 aromatic rings. The number of nitrogens with zero attached hydrogens (tertiary/aromatic N) is 5. The van der Waals surface area contributed by atoms with Crippen molar-refractivity contribution in [1.29, 1.82) is 0 Å². The van der Waals surface area contributed by atoms with Crippen molar-refractivity contribution in [3.63, 3.8) is 0 Å². The Balaban J connectivity index is 1.44. The zero-order chi connectivity index (χ0) is 20.1. The standard InChI is InChI=1S/C19H27F2N7/c1-13-25-26-18(27(13)3)11-23-19(22-2)24-15-6-8-28(9-7-15)12-14-4-5-16(20)17(21)10-14/h4-5,10,15H,6-9,11-12H2,1-3H3,(H2,22,23,24). The molecule has 2 heterocycles. The minimum absolute atomic E-state index is 0.314. The van der Waals surface area contributed by atoms with E-state index in [1.54, 1.807) is 13.1 Å². The molecule has 28 heavy (non-hydrogen) atoms. The van der Waals surface area contributed by atoms with Gasteiger partial charge in [0.25, 0.3) is 0 Å². The number of guanidine groups is 1. The molecule has 0 unspecified atom stereocenters. The third-order valence-electron chi connectivity index (χ3n) is 5.14. The number of likely N-dealkylation sites (tertiary alicyclic amines) is 1. The highest BCUT2D eigenvalue weighted by atomic mass is 19.2. The predicted molar refractivity (Wildman–Crippen MR) is 104 cm³/mol. The Bertz CT molecular complexity index is 826. The third kappa shape index (κ3) is 5.03. The maximum absolute atomic E-state index is 13.4. The second kappa shape index (κ2) is 9.09. The van der Waals surface area contributed by atoms with E-state index in [2.05, 4.69) is 30.7 Å². The first kappa shape index (κ1) is 20.2. The molecule has 9 heteroatoms. The lowest BCUT2D eigenvalue weighted by atomic mass is 10.0. The Kier molecular flexibility index (Phi) is 6.56. The van der Waals surface area contributed by atoms with Crippen LogP contribution in [0.3, 0.4) is 0 Å². The molecule has 7 nitrogen and oxygen atoms in total. The summed E-state index contributed by atoms with van der Waals surface area (Å²) in [6.07, 6.45) is 1.90. The summed E-state index contributed by atoms with van der Waals surface area (Å²) in [5.41, 5.74) is 0.793. The lowest BCUT2D eigenvalue weighted by molar-refractivity contribution is 0.198. The van der Waals surface area contributed by atoms with Gasteiger partial charge in [0.05, 0.1) is 6.54 Å². The quantitative estimate of drug-likeness (QED) is 0.600. The number of piperidine rings is 1. The fourth-order valence-electron chi connectivity index (χ4n) is 3.29. The monoisotopic (exact) mass is 391 g/mol. The van der Waals surface area contributed by atoms with Crippen molar-refractivity contribution >= 4 is 5.96 Å². The first-order chi connectivity index (χ1) is 13.5. The Morgan fingerprint density at radius 3 is 2.57 bits per heavy atom. The Labute approximate surface area is 163 Å². The van der Waals surface area contributed by atoms with Crippen molar-refractivity contribution < 1.29 is 8.78 Å². The van der Waals surface area contributed by atoms with Gasteiger partial charge in [0.2, 0.25) is 0 Å². The average Bonchev–Trinajstić information content (AvgIpc) is 3.01. The Morgan fingerprint density at radius 1 is 1.21 bits per heavy atom. The molecule has 3 rings (SSSR count). The predicted octanol–water partition coefficient (Wildman–Crippen LogP) is 1.73. The molecule has 0 radical (unpaired) electrons. The second-order valence-corrected chi connectivity index (χ2v) is 7.09. The highest BCUT2D eigenvalue weighted by molar-refractivity contribution is 5.79. The average molecular weight is 391 g/mol. The molecule has 0 aliphatic carbocycles. The summed E-state index contributed by atoms with van der Waals surface area (Å²) in [7, 11) is 3.68. The lowest BCUT2D eigenvalue weighted by Gasteiger charge is -2.33. The van der Waals surface area contributed by atoms with Crippen LogP contribution in [0.5, 0.6) is 0 Å². The molecule has 0 atom stereocenters. The summed E-state index contributed by atoms with van der Waals surface area (Å²) in [6, 6.07) is 4.42. The molecule has 1 fully saturated rings. The van der Waals surface area contributed by atoms with E-state index in [0.29, 0.717) is 19.1 Å². The van der Waals surface area contributed by atoms with Gasteiger partial charge < -0.3 is 15.2 Å². The summed E-state index contributed by atoms with van der Waals surface area (Å²) in [5, 5.41) is 14.9. The van der Waals surface area contributed by atoms with Crippen molar-refractivity contribution in [2.75, 3.05) is 20.1 Å². The summed E-state index contributed by atoms with van der Waals surface area (Å²) in [6.45, 7) is 4.86. The summed E-state index contributed by atoms with van der Waals surface area (Å²) in [5.74, 6) is 0.860. The zero-order valence-corrected chi connectivity index (χ0v) is 16.5. The minimum Gasteiger partial charge on any atom is -0.354 e. The van der Waals surface area contributed by atoms with Crippen molar-refractivity contribution in [3.05, 3.63) is 47.0 Å². The van der Waals surface area contributed by atoms with Gasteiger partial charge in [-0.25, -0.2) is 8.78 Å². The van der Waals surface area contributed by atoms with Crippen LogP contribution in [0.4, 0.5) is 8.78 Å². The largest absolute Gasteiger partial charge is 0.354 e. The number of benzene rings is 1. The van der Waals surface area contributed by atoms with E-state index >= 15 is 0 Å². The maximum Gasteiger partial charge on any atom is 0.191 e. The van der Waals surface area contributed by atoms with E-state index in [1.165, 1.54) is 12.1 Å². The van der Waals surface area contributed by atoms with Crippen LogP contribution >= 0.6 is 0 Å². The molecule has 1 aromatic carbocycles. The SMILES string of the molecule is CN=C(NCc1nnc(C)n1C)NC1CCN(Cc2ccc(F)c(F)c2)CC1. The van der Waals surface area contributed by atoms with E-state index in [1.807, 2.05) is 18.5 Å². The van der Waals surface area contributed by atoms with Crippen LogP contribution in [-0.2, 0) is 20.1 Å². The Hall–Kier alpha value is -2.55. The smallest absolute Gasteiger partial charge is 0.191 e. The van der Waals surface area contributed by atoms with Crippen LogP contribution < -0.4 is 10.6 Å². The highest BCUT2D eigenvalue weighted by Gasteiger charge is 2.20. The molecule has 0 saturated carbocycles. The fourth-order valence-corrected chi connectivity index (χ4v) is 3.29. The van der Waals surface area contributed by atoms with Crippen LogP contribution in [0.2, 0.25) is 0 Å². The summed E-state index contributed by atoms with van der Waals surface area (Å²) >= 11 is 0. The van der Waals surface area contributed by atoms with Gasteiger partial charge in [0.15, 0.2) is 23.4 Å². The van der Waals surface area contributed by atoms with Crippen molar-refractivity contribution in [2.24, 2.45) is 12.0 Å². The van der Waals surface area contributed by atoms with E-state index < -0.39 is 11.6 Å². The van der Waals surface area contributed by atoms with Crippen LogP contribution in [-0.4, -0.2) is 51.8 Å². The van der Waals surface area contributed by atoms with Gasteiger partial charge in [0.1, 0.15) is 5.82 Å². The van der Waals surface area contributed by atoms with E-state index in [4.69, 9.17) is 0 Å². The maximum atomic E-state index is 13.4. The number of hydrogen-bond donors (Lipinski definition) is 2. The van der Waals surface area contributed by atoms with Gasteiger partial charge in [-0.05, 0) is 37.5 Å². The van der Waals surface area contributed by atoms with Gasteiger partial charge in [-0.1, -0.05) is 6.07 Å². The first-order valence-electron chi connectivity index (χ1n) is 9.44. The van der Waals surface area contributed by atoms with Crippen LogP contribution in [0.15, 0.2) is 23.2 Å². The fraction of sp³-hybridized carbons (Fsp3) is 0.526. The van der Waals surface area contributed by atoms with Gasteiger partial charge in [-0.3, -0.25) is 9.89 Å². The molecule has 1 aromatic heterocycles. The normalized spacial score (nSPS) is 16.4. The third-order valence-corrected chi connectivity index (χ3v) is 5.14. The molecular weight excluding hydrogens is 364 g/mol. The molecule has 2 N–H and O–H groups in total. The lowest BCUT2D eigenvalue weighted by Crippen LogP contribution is -2.48. The Morgan fingerprint density at radius 2 is 1.96 bits per heavy atom. The molecule has 0 amide bonds. The molecule has 1 aliphatic rings. The summed E-state index contributed by atoms with van der Waals surface area (Å²) < 4.78 is 28.4. The molecule has 0 bridgehead atoms. The number of halogens is 2. The van der Waals surface area contributed by atoms with Crippen molar-refractivity contribution in [2.45, 2.75) is 38.9 Å². The number of aliphatic imine (C=N–C) groups is 1. The van der Waals surface area contributed by atoms with E-state index in [9.17, 15) is 8.78 Å². The number of aryl methyl sites for hydroxylation is 1.